The first-order chi connectivity index (χ1) is 7.79. The molecule has 1 heterocycles. The van der Waals surface area contributed by atoms with E-state index in [1.54, 1.807) is 18.2 Å². The molecular formula is C13H8AlO2. The van der Waals surface area contributed by atoms with Crippen LogP contribution in [0, 0.1) is 0 Å². The standard InChI is InChI=1S/C13H8O2.Al/c1-2-5-9-8-12(14)10-6-3-4-7-11(10)13(9)15;/h2-7H,1H2;. The highest BCUT2D eigenvalue weighted by atomic mass is 27.1. The van der Waals surface area contributed by atoms with E-state index in [2.05, 4.69) is 0 Å². The second-order valence-corrected chi connectivity index (χ2v) is 5.33. The summed E-state index contributed by atoms with van der Waals surface area (Å²) in [5.74, 6) is 0.0678. The lowest BCUT2D eigenvalue weighted by atomic mass is 9.89. The number of hydrogen-bond donors (Lipinski definition) is 0. The molecule has 1 radical (unpaired) electrons. The maximum absolute atomic E-state index is 12.2. The predicted molar refractivity (Wildman–Crippen MR) is 61.8 cm³/mol. The van der Waals surface area contributed by atoms with Crippen molar-refractivity contribution in [3.63, 3.8) is 0 Å². The van der Waals surface area contributed by atoms with Crippen LogP contribution in [0.3, 0.4) is 0 Å². The van der Waals surface area contributed by atoms with Crippen molar-refractivity contribution in [2.24, 2.45) is 0 Å². The minimum Gasteiger partial charge on any atom is -0.291 e. The van der Waals surface area contributed by atoms with Crippen molar-refractivity contribution in [1.29, 1.82) is 0 Å². The molecule has 0 atom stereocenters. The lowest BCUT2D eigenvalue weighted by molar-refractivity contribution is 0.0983. The van der Waals surface area contributed by atoms with Gasteiger partial charge in [0, 0.05) is 16.7 Å². The zero-order valence-electron chi connectivity index (χ0n) is 8.57. The number of rotatable bonds is 0. The number of benzene rings is 1. The molecule has 3 rings (SSSR count). The normalized spacial score (nSPS) is 18.0. The van der Waals surface area contributed by atoms with Gasteiger partial charge in [-0.15, -0.1) is 0 Å². The Labute approximate surface area is 99.4 Å². The summed E-state index contributed by atoms with van der Waals surface area (Å²) in [6.07, 6.45) is 3.80. The van der Waals surface area contributed by atoms with Gasteiger partial charge in [0.2, 0.25) is 0 Å². The van der Waals surface area contributed by atoms with Crippen LogP contribution in [0.1, 0.15) is 20.7 Å². The number of ketones is 2. The summed E-state index contributed by atoms with van der Waals surface area (Å²) in [4.78, 5) is 24.3. The van der Waals surface area contributed by atoms with Crippen LogP contribution in [0.2, 0.25) is 5.28 Å². The Morgan fingerprint density at radius 2 is 1.69 bits per heavy atom. The molecule has 2 aliphatic rings. The van der Waals surface area contributed by atoms with E-state index in [1.807, 2.05) is 18.2 Å². The summed E-state index contributed by atoms with van der Waals surface area (Å²) in [7, 11) is 0. The average molecular weight is 223 g/mol. The van der Waals surface area contributed by atoms with Crippen molar-refractivity contribution in [3.05, 3.63) is 57.6 Å². The van der Waals surface area contributed by atoms with Crippen molar-refractivity contribution in [1.82, 2.24) is 0 Å². The topological polar surface area (TPSA) is 34.1 Å². The fourth-order valence-electron chi connectivity index (χ4n) is 2.15. The molecule has 0 fully saturated rings. The number of carbonyl (C=O) groups excluding carboxylic acids is 2. The lowest BCUT2D eigenvalue weighted by Crippen LogP contribution is -2.25. The van der Waals surface area contributed by atoms with Crippen LogP contribution in [0.15, 0.2) is 46.4 Å². The van der Waals surface area contributed by atoms with E-state index in [9.17, 15) is 9.59 Å². The molecule has 0 bridgehead atoms. The van der Waals surface area contributed by atoms with Gasteiger partial charge in [-0.25, -0.2) is 0 Å². The highest BCUT2D eigenvalue weighted by Crippen LogP contribution is 2.28. The Bertz CT molecular complexity index is 567. The quantitative estimate of drug-likeness (QED) is 0.630. The molecule has 0 aromatic heterocycles. The van der Waals surface area contributed by atoms with Crippen LogP contribution in [0.5, 0.6) is 0 Å². The molecular weight excluding hydrogens is 215 g/mol. The first-order valence-electron chi connectivity index (χ1n) is 5.21. The zero-order valence-corrected chi connectivity index (χ0v) is 9.72. The minimum atomic E-state index is -0.0745. The van der Waals surface area contributed by atoms with Gasteiger partial charge in [-0.2, -0.15) is 0 Å². The third-order valence-electron chi connectivity index (χ3n) is 2.94. The Morgan fingerprint density at radius 1 is 1.00 bits per heavy atom. The van der Waals surface area contributed by atoms with E-state index in [4.69, 9.17) is 0 Å². The van der Waals surface area contributed by atoms with Crippen molar-refractivity contribution in [2.45, 2.75) is 5.28 Å². The van der Waals surface area contributed by atoms with Crippen molar-refractivity contribution in [3.8, 4) is 0 Å². The fourth-order valence-corrected chi connectivity index (χ4v) is 3.45. The second kappa shape index (κ2) is 3.55. The molecule has 75 valence electrons. The second-order valence-electron chi connectivity index (χ2n) is 3.87. The van der Waals surface area contributed by atoms with Crippen molar-refractivity contribution >= 4 is 26.8 Å². The summed E-state index contributed by atoms with van der Waals surface area (Å²) in [6, 6.07) is 7.09. The molecule has 1 aromatic rings. The average Bonchev–Trinajstić information content (AvgIpc) is 2.36. The molecule has 0 unspecified atom stereocenters. The molecule has 1 aromatic carbocycles. The monoisotopic (exact) mass is 223 g/mol. The maximum atomic E-state index is 12.2. The molecule has 0 amide bonds. The Morgan fingerprint density at radius 3 is 2.44 bits per heavy atom. The third kappa shape index (κ3) is 1.26. The number of carbonyl (C=O) groups is 2. The van der Waals surface area contributed by atoms with E-state index < -0.39 is 0 Å². The minimum absolute atomic E-state index is 0.00801. The molecule has 16 heavy (non-hydrogen) atoms. The molecule has 0 saturated carbocycles. The van der Waals surface area contributed by atoms with Crippen molar-refractivity contribution in [2.75, 3.05) is 0 Å². The molecule has 2 nitrogen and oxygen atoms in total. The van der Waals surface area contributed by atoms with Crippen LogP contribution in [-0.4, -0.2) is 26.8 Å². The van der Waals surface area contributed by atoms with E-state index >= 15 is 0 Å². The third-order valence-corrected chi connectivity index (χ3v) is 4.43. The predicted octanol–water partition coefficient (Wildman–Crippen LogP) is 2.01. The SMILES string of the molecule is O=C1C2=[C]([Al][CH2]C=C2)C(=O)c2ccccc21. The molecule has 1 aliphatic carbocycles. The van der Waals surface area contributed by atoms with Crippen molar-refractivity contribution < 1.29 is 9.59 Å². The fraction of sp³-hybridized carbons (Fsp3) is 0.0769. The van der Waals surface area contributed by atoms with Crippen LogP contribution in [-0.2, 0) is 0 Å². The van der Waals surface area contributed by atoms with Crippen LogP contribution in [0.4, 0.5) is 0 Å². The van der Waals surface area contributed by atoms with Crippen LogP contribution >= 0.6 is 0 Å². The van der Waals surface area contributed by atoms with Gasteiger partial charge in [-0.1, -0.05) is 46.1 Å². The first kappa shape index (κ1) is 9.77. The molecule has 0 saturated heterocycles. The van der Waals surface area contributed by atoms with E-state index in [-0.39, 0.29) is 26.8 Å². The van der Waals surface area contributed by atoms with Gasteiger partial charge >= 0.3 is 0 Å². The highest BCUT2D eigenvalue weighted by Gasteiger charge is 2.30. The van der Waals surface area contributed by atoms with Gasteiger partial charge in [0.15, 0.2) is 11.6 Å². The van der Waals surface area contributed by atoms with Gasteiger partial charge in [-0.3, -0.25) is 9.59 Å². The van der Waals surface area contributed by atoms with E-state index in [0.29, 0.717) is 16.7 Å². The molecule has 0 spiro atoms. The van der Waals surface area contributed by atoms with E-state index in [0.717, 1.165) is 9.72 Å². The summed E-state index contributed by atoms with van der Waals surface area (Å²) in [5.41, 5.74) is 1.76. The van der Waals surface area contributed by atoms with Crippen LogP contribution in [0.25, 0.3) is 0 Å². The summed E-state index contributed by atoms with van der Waals surface area (Å²) >= 11 is -0.0745. The first-order valence-corrected chi connectivity index (χ1v) is 6.61. The Kier molecular flexibility index (Phi) is 2.17. The number of Topliss-reactive ketones (excluding diaryl/α,β-unsaturated/α-hetero) is 2. The van der Waals surface area contributed by atoms with Gasteiger partial charge in [0.1, 0.15) is 0 Å². The van der Waals surface area contributed by atoms with E-state index in [1.165, 1.54) is 0 Å². The summed E-state index contributed by atoms with van der Waals surface area (Å²) < 4.78 is 0.770. The number of allylic oxidation sites excluding steroid dienone is 4. The maximum Gasteiger partial charge on any atom is 0.263 e. The highest BCUT2D eigenvalue weighted by molar-refractivity contribution is 6.60. The van der Waals surface area contributed by atoms with Gasteiger partial charge in [0.25, 0.3) is 15.2 Å². The number of hydrogen-bond acceptors (Lipinski definition) is 2. The molecule has 1 aliphatic heterocycles. The Balaban J connectivity index is 2.26. The van der Waals surface area contributed by atoms with Gasteiger partial charge in [-0.05, 0) is 0 Å². The summed E-state index contributed by atoms with van der Waals surface area (Å²) in [6.45, 7) is 0. The Hall–Kier alpha value is -1.43. The summed E-state index contributed by atoms with van der Waals surface area (Å²) in [5, 5.41) is 0.931. The molecule has 3 heteroatoms. The van der Waals surface area contributed by atoms with Gasteiger partial charge in [0.05, 0.1) is 0 Å². The zero-order chi connectivity index (χ0) is 11.1. The van der Waals surface area contributed by atoms with Gasteiger partial charge < -0.3 is 0 Å². The smallest absolute Gasteiger partial charge is 0.263 e. The van der Waals surface area contributed by atoms with Crippen LogP contribution < -0.4 is 0 Å². The lowest BCUT2D eigenvalue weighted by Gasteiger charge is -2.21. The number of fused-ring (bicyclic) bond motifs is 1. The largest absolute Gasteiger partial charge is 0.291 e. The molecule has 0 N–H and O–H groups in total.